The molecule has 0 radical (unpaired) electrons. The van der Waals surface area contributed by atoms with Crippen molar-refractivity contribution in [3.63, 3.8) is 0 Å². The van der Waals surface area contributed by atoms with Crippen molar-refractivity contribution in [1.82, 2.24) is 0 Å². The number of carbonyl (C=O) groups is 2. The zero-order valence-electron chi connectivity index (χ0n) is 17.9. The van der Waals surface area contributed by atoms with Gasteiger partial charge in [0.25, 0.3) is 11.7 Å². The Hall–Kier alpha value is -3.60. The van der Waals surface area contributed by atoms with Crippen LogP contribution in [0.5, 0.6) is 0 Å². The van der Waals surface area contributed by atoms with Gasteiger partial charge in [0.05, 0.1) is 5.57 Å². The average molecular weight is 415 g/mol. The SMILES string of the molecule is CCc1ccc(/C(O)=C2/C(=O)C(=O)N(c3ccc(CC)cc3)C2c2ccc(C)o2)cc1. The standard InChI is InChI=1S/C26H25NO4/c1-4-17-7-11-19(12-8-17)24(28)22-23(21-15-6-16(3)31-21)27(26(30)25(22)29)20-13-9-18(5-2)10-14-20/h6-15,23,28H,4-5H2,1-3H3/b24-22-. The quantitative estimate of drug-likeness (QED) is 0.347. The molecule has 1 saturated heterocycles. The van der Waals surface area contributed by atoms with Gasteiger partial charge in [-0.3, -0.25) is 14.5 Å². The number of aryl methyl sites for hydroxylation is 3. The van der Waals surface area contributed by atoms with Gasteiger partial charge in [0.1, 0.15) is 23.3 Å². The van der Waals surface area contributed by atoms with Gasteiger partial charge < -0.3 is 9.52 Å². The predicted molar refractivity (Wildman–Crippen MR) is 120 cm³/mol. The molecule has 0 spiro atoms. The van der Waals surface area contributed by atoms with E-state index in [2.05, 4.69) is 6.92 Å². The minimum absolute atomic E-state index is 0.0307. The van der Waals surface area contributed by atoms with E-state index in [-0.39, 0.29) is 11.3 Å². The van der Waals surface area contributed by atoms with Crippen molar-refractivity contribution in [3.8, 4) is 0 Å². The van der Waals surface area contributed by atoms with Crippen molar-refractivity contribution >= 4 is 23.1 Å². The maximum atomic E-state index is 13.1. The molecule has 1 aliphatic heterocycles. The summed E-state index contributed by atoms with van der Waals surface area (Å²) >= 11 is 0. The maximum absolute atomic E-state index is 13.1. The maximum Gasteiger partial charge on any atom is 0.300 e. The number of ketones is 1. The van der Waals surface area contributed by atoms with Crippen molar-refractivity contribution in [2.24, 2.45) is 0 Å². The second-order valence-electron chi connectivity index (χ2n) is 7.69. The molecular formula is C26H25NO4. The predicted octanol–water partition coefficient (Wildman–Crippen LogP) is 5.34. The molecule has 1 aromatic heterocycles. The van der Waals surface area contributed by atoms with Gasteiger partial charge in [-0.25, -0.2) is 0 Å². The van der Waals surface area contributed by atoms with E-state index < -0.39 is 17.7 Å². The summed E-state index contributed by atoms with van der Waals surface area (Å²) in [5, 5.41) is 11.1. The van der Waals surface area contributed by atoms with E-state index in [9.17, 15) is 14.7 Å². The summed E-state index contributed by atoms with van der Waals surface area (Å²) in [5.41, 5.74) is 3.35. The summed E-state index contributed by atoms with van der Waals surface area (Å²) in [7, 11) is 0. The van der Waals surface area contributed by atoms with Crippen LogP contribution in [-0.2, 0) is 22.4 Å². The Labute approximate surface area is 181 Å². The second kappa shape index (κ2) is 8.26. The highest BCUT2D eigenvalue weighted by Crippen LogP contribution is 2.42. The van der Waals surface area contributed by atoms with Gasteiger partial charge in [0.15, 0.2) is 0 Å². The van der Waals surface area contributed by atoms with Crippen molar-refractivity contribution in [2.75, 3.05) is 4.90 Å². The Morgan fingerprint density at radius 2 is 1.48 bits per heavy atom. The number of benzene rings is 2. The summed E-state index contributed by atoms with van der Waals surface area (Å²) < 4.78 is 5.82. The van der Waals surface area contributed by atoms with Crippen LogP contribution in [0.3, 0.4) is 0 Å². The molecule has 1 N–H and O–H groups in total. The Kier molecular flexibility index (Phi) is 5.51. The molecule has 31 heavy (non-hydrogen) atoms. The van der Waals surface area contributed by atoms with Crippen LogP contribution in [0, 0.1) is 6.92 Å². The summed E-state index contributed by atoms with van der Waals surface area (Å²) in [6.07, 6.45) is 1.73. The molecule has 1 unspecified atom stereocenters. The van der Waals surface area contributed by atoms with Crippen LogP contribution >= 0.6 is 0 Å². The first-order chi connectivity index (χ1) is 14.9. The number of nitrogens with zero attached hydrogens (tertiary/aromatic N) is 1. The molecule has 158 valence electrons. The molecule has 1 atom stereocenters. The Morgan fingerprint density at radius 1 is 0.903 bits per heavy atom. The number of aliphatic hydroxyl groups excluding tert-OH is 1. The highest BCUT2D eigenvalue weighted by Gasteiger charge is 2.48. The molecule has 0 bridgehead atoms. The van der Waals surface area contributed by atoms with Gasteiger partial charge in [-0.15, -0.1) is 0 Å². The minimum Gasteiger partial charge on any atom is -0.507 e. The lowest BCUT2D eigenvalue weighted by Gasteiger charge is -2.23. The second-order valence-corrected chi connectivity index (χ2v) is 7.69. The van der Waals surface area contributed by atoms with Crippen molar-refractivity contribution in [2.45, 2.75) is 39.7 Å². The number of amides is 1. The summed E-state index contributed by atoms with van der Waals surface area (Å²) in [6, 6.07) is 17.5. The number of anilines is 1. The molecule has 1 amide bonds. The zero-order chi connectivity index (χ0) is 22.1. The summed E-state index contributed by atoms with van der Waals surface area (Å²) in [4.78, 5) is 27.6. The van der Waals surface area contributed by atoms with Gasteiger partial charge in [-0.2, -0.15) is 0 Å². The Balaban J connectivity index is 1.88. The monoisotopic (exact) mass is 415 g/mol. The van der Waals surface area contributed by atoms with Crippen LogP contribution in [-0.4, -0.2) is 16.8 Å². The summed E-state index contributed by atoms with van der Waals surface area (Å²) in [6.45, 7) is 5.90. The topological polar surface area (TPSA) is 70.8 Å². The summed E-state index contributed by atoms with van der Waals surface area (Å²) in [5.74, 6) is -0.518. The number of hydrogen-bond donors (Lipinski definition) is 1. The van der Waals surface area contributed by atoms with Crippen molar-refractivity contribution in [3.05, 3.63) is 94.4 Å². The molecule has 2 heterocycles. The fraction of sp³-hybridized carbons (Fsp3) is 0.231. The fourth-order valence-corrected chi connectivity index (χ4v) is 3.91. The Bertz CT molecular complexity index is 1150. The highest BCUT2D eigenvalue weighted by molar-refractivity contribution is 6.51. The molecule has 5 nitrogen and oxygen atoms in total. The third-order valence-corrected chi connectivity index (χ3v) is 5.73. The van der Waals surface area contributed by atoms with Crippen LogP contribution in [0.1, 0.15) is 48.1 Å². The average Bonchev–Trinajstić information content (AvgIpc) is 3.34. The van der Waals surface area contributed by atoms with Gasteiger partial charge in [0, 0.05) is 11.3 Å². The van der Waals surface area contributed by atoms with Gasteiger partial charge in [-0.05, 0) is 55.2 Å². The molecule has 1 aliphatic rings. The Morgan fingerprint density at radius 3 is 2.00 bits per heavy atom. The molecule has 3 aromatic rings. The smallest absolute Gasteiger partial charge is 0.300 e. The molecular weight excluding hydrogens is 390 g/mol. The molecule has 4 rings (SSSR count). The van der Waals surface area contributed by atoms with Crippen molar-refractivity contribution in [1.29, 1.82) is 0 Å². The van der Waals surface area contributed by atoms with E-state index in [0.717, 1.165) is 24.0 Å². The van der Waals surface area contributed by atoms with E-state index >= 15 is 0 Å². The third-order valence-electron chi connectivity index (χ3n) is 5.73. The molecule has 0 saturated carbocycles. The first-order valence-electron chi connectivity index (χ1n) is 10.5. The molecule has 0 aliphatic carbocycles. The largest absolute Gasteiger partial charge is 0.507 e. The molecule has 2 aromatic carbocycles. The van der Waals surface area contributed by atoms with E-state index in [1.54, 1.807) is 31.2 Å². The number of furan rings is 1. The van der Waals surface area contributed by atoms with Crippen LogP contribution in [0.2, 0.25) is 0 Å². The normalized spacial score (nSPS) is 18.0. The van der Waals surface area contributed by atoms with E-state index in [4.69, 9.17) is 4.42 Å². The van der Waals surface area contributed by atoms with Crippen LogP contribution in [0.4, 0.5) is 5.69 Å². The highest BCUT2D eigenvalue weighted by atomic mass is 16.3. The van der Waals surface area contributed by atoms with Gasteiger partial charge >= 0.3 is 0 Å². The number of aliphatic hydroxyl groups is 1. The van der Waals surface area contributed by atoms with Gasteiger partial charge in [-0.1, -0.05) is 50.2 Å². The van der Waals surface area contributed by atoms with Crippen LogP contribution in [0.15, 0.2) is 70.7 Å². The van der Waals surface area contributed by atoms with Crippen LogP contribution in [0.25, 0.3) is 5.76 Å². The van der Waals surface area contributed by atoms with Crippen LogP contribution < -0.4 is 4.90 Å². The van der Waals surface area contributed by atoms with Gasteiger partial charge in [0.2, 0.25) is 0 Å². The lowest BCUT2D eigenvalue weighted by molar-refractivity contribution is -0.132. The molecule has 1 fully saturated rings. The number of Topliss-reactive ketones (excluding diaryl/α,β-unsaturated/α-hetero) is 1. The van der Waals surface area contributed by atoms with Crippen molar-refractivity contribution < 1.29 is 19.1 Å². The first kappa shape index (κ1) is 20.7. The van der Waals surface area contributed by atoms with E-state index in [1.807, 2.05) is 43.3 Å². The number of hydrogen-bond acceptors (Lipinski definition) is 4. The zero-order valence-corrected chi connectivity index (χ0v) is 17.9. The van der Waals surface area contributed by atoms with E-state index in [1.165, 1.54) is 4.90 Å². The minimum atomic E-state index is -0.841. The number of carbonyl (C=O) groups excluding carboxylic acids is 2. The lowest BCUT2D eigenvalue weighted by Crippen LogP contribution is -2.29. The third kappa shape index (κ3) is 3.67. The van der Waals surface area contributed by atoms with E-state index in [0.29, 0.717) is 22.8 Å². The molecule has 5 heteroatoms. The number of rotatable bonds is 5. The fourth-order valence-electron chi connectivity index (χ4n) is 3.91. The lowest BCUT2D eigenvalue weighted by atomic mass is 9.98. The first-order valence-corrected chi connectivity index (χ1v) is 10.5.